The van der Waals surface area contributed by atoms with Crippen molar-refractivity contribution in [2.75, 3.05) is 0 Å². The number of aromatic nitrogens is 2. The van der Waals surface area contributed by atoms with Gasteiger partial charge < -0.3 is 0 Å². The van der Waals surface area contributed by atoms with Crippen molar-refractivity contribution in [1.82, 2.24) is 9.78 Å². The van der Waals surface area contributed by atoms with E-state index < -0.39 is 0 Å². The molecule has 0 unspecified atom stereocenters. The summed E-state index contributed by atoms with van der Waals surface area (Å²) in [7, 11) is 1.87. The first-order valence-electron chi connectivity index (χ1n) is 4.61. The van der Waals surface area contributed by atoms with E-state index in [0.29, 0.717) is 12.2 Å². The number of carbonyl (C=O) groups is 1. The quantitative estimate of drug-likeness (QED) is 0.700. The van der Waals surface area contributed by atoms with Gasteiger partial charge in [0.25, 0.3) is 0 Å². The van der Waals surface area contributed by atoms with E-state index in [0.717, 1.165) is 18.4 Å². The van der Waals surface area contributed by atoms with Crippen LogP contribution < -0.4 is 0 Å². The smallest absolute Gasteiger partial charge is 0.143 e. The molecule has 1 heterocycles. The van der Waals surface area contributed by atoms with Crippen molar-refractivity contribution in [3.63, 3.8) is 0 Å². The first-order valence-corrected chi connectivity index (χ1v) is 4.61. The lowest BCUT2D eigenvalue weighted by atomic mass is 9.99. The lowest BCUT2D eigenvalue weighted by Crippen LogP contribution is -2.13. The Morgan fingerprint density at radius 2 is 2.38 bits per heavy atom. The summed E-state index contributed by atoms with van der Waals surface area (Å²) >= 11 is 0. The third-order valence-electron chi connectivity index (χ3n) is 2.80. The second-order valence-electron chi connectivity index (χ2n) is 4.18. The van der Waals surface area contributed by atoms with E-state index in [4.69, 9.17) is 0 Å². The molecule has 0 spiro atoms. The van der Waals surface area contributed by atoms with Crippen molar-refractivity contribution in [2.24, 2.45) is 12.5 Å². The molecule has 0 atom stereocenters. The number of nitrogens with zero attached hydrogens (tertiary/aromatic N) is 2. The Bertz CT molecular complexity index is 336. The molecule has 0 radical (unpaired) electrons. The van der Waals surface area contributed by atoms with Crippen LogP contribution in [0, 0.1) is 5.41 Å². The van der Waals surface area contributed by atoms with Crippen LogP contribution in [0.25, 0.3) is 0 Å². The van der Waals surface area contributed by atoms with Gasteiger partial charge in [-0.15, -0.1) is 0 Å². The van der Waals surface area contributed by atoms with Gasteiger partial charge in [-0.25, -0.2) is 0 Å². The molecule has 1 aromatic heterocycles. The topological polar surface area (TPSA) is 34.9 Å². The number of ketones is 1. The van der Waals surface area contributed by atoms with E-state index in [2.05, 4.69) is 5.10 Å². The Kier molecular flexibility index (Phi) is 1.75. The lowest BCUT2D eigenvalue weighted by Gasteiger charge is -2.04. The van der Waals surface area contributed by atoms with Gasteiger partial charge >= 0.3 is 0 Å². The first-order chi connectivity index (χ1) is 6.10. The Morgan fingerprint density at radius 1 is 1.69 bits per heavy atom. The summed E-state index contributed by atoms with van der Waals surface area (Å²) in [5.41, 5.74) is 1.02. The minimum Gasteiger partial charge on any atom is -0.299 e. The number of rotatable bonds is 3. The summed E-state index contributed by atoms with van der Waals surface area (Å²) in [6.07, 6.45) is 6.34. The van der Waals surface area contributed by atoms with Crippen LogP contribution in [0.15, 0.2) is 12.4 Å². The third kappa shape index (κ3) is 1.64. The van der Waals surface area contributed by atoms with Crippen LogP contribution in [-0.2, 0) is 18.3 Å². The SMILES string of the molecule is Cn1cc(CC(=O)C2(C)CC2)cn1. The molecule has 0 N–H and O–H groups in total. The van der Waals surface area contributed by atoms with Gasteiger partial charge in [0, 0.05) is 25.1 Å². The third-order valence-corrected chi connectivity index (χ3v) is 2.80. The predicted molar refractivity (Wildman–Crippen MR) is 49.3 cm³/mol. The summed E-state index contributed by atoms with van der Waals surface area (Å²) < 4.78 is 1.73. The Labute approximate surface area is 77.7 Å². The van der Waals surface area contributed by atoms with Gasteiger partial charge in [-0.3, -0.25) is 9.48 Å². The molecule has 0 bridgehead atoms. The summed E-state index contributed by atoms with van der Waals surface area (Å²) in [5.74, 6) is 0.362. The number of aryl methyl sites for hydroxylation is 1. The fourth-order valence-corrected chi connectivity index (χ4v) is 1.43. The molecule has 13 heavy (non-hydrogen) atoms. The molecule has 0 aliphatic heterocycles. The highest BCUT2D eigenvalue weighted by atomic mass is 16.1. The maximum Gasteiger partial charge on any atom is 0.143 e. The van der Waals surface area contributed by atoms with Crippen molar-refractivity contribution in [2.45, 2.75) is 26.2 Å². The summed E-state index contributed by atoms with van der Waals surface area (Å²) in [4.78, 5) is 11.7. The highest BCUT2D eigenvalue weighted by Gasteiger charge is 2.43. The molecule has 0 amide bonds. The number of hydrogen-bond donors (Lipinski definition) is 0. The van der Waals surface area contributed by atoms with Crippen molar-refractivity contribution < 1.29 is 4.79 Å². The standard InChI is InChI=1S/C10H14N2O/c1-10(3-4-10)9(13)5-8-6-11-12(2)7-8/h6-7H,3-5H2,1-2H3. The molecular weight excluding hydrogens is 164 g/mol. The van der Waals surface area contributed by atoms with Crippen LogP contribution >= 0.6 is 0 Å². The van der Waals surface area contributed by atoms with Crippen molar-refractivity contribution in [1.29, 1.82) is 0 Å². The molecule has 70 valence electrons. The molecule has 1 aromatic rings. The van der Waals surface area contributed by atoms with Crippen LogP contribution in [-0.4, -0.2) is 15.6 Å². The average molecular weight is 178 g/mol. The van der Waals surface area contributed by atoms with E-state index in [9.17, 15) is 4.79 Å². The summed E-state index contributed by atoms with van der Waals surface area (Å²) in [5, 5.41) is 4.04. The number of carbonyl (C=O) groups excluding carboxylic acids is 1. The maximum atomic E-state index is 11.7. The highest BCUT2D eigenvalue weighted by molar-refractivity contribution is 5.88. The van der Waals surface area contributed by atoms with Crippen molar-refractivity contribution in [3.8, 4) is 0 Å². The molecule has 1 fully saturated rings. The maximum absolute atomic E-state index is 11.7. The molecule has 3 heteroatoms. The van der Waals surface area contributed by atoms with Crippen molar-refractivity contribution in [3.05, 3.63) is 18.0 Å². The zero-order chi connectivity index (χ0) is 9.47. The Morgan fingerprint density at radius 3 is 2.85 bits per heavy atom. The zero-order valence-electron chi connectivity index (χ0n) is 8.08. The number of Topliss-reactive ketones (excluding diaryl/α,β-unsaturated/α-hetero) is 1. The average Bonchev–Trinajstić information content (AvgIpc) is 2.69. The lowest BCUT2D eigenvalue weighted by molar-refractivity contribution is -0.122. The van der Waals surface area contributed by atoms with Gasteiger partial charge in [0.15, 0.2) is 0 Å². The Balaban J connectivity index is 2.02. The van der Waals surface area contributed by atoms with E-state index >= 15 is 0 Å². The van der Waals surface area contributed by atoms with E-state index in [1.165, 1.54) is 0 Å². The number of hydrogen-bond acceptors (Lipinski definition) is 2. The first kappa shape index (κ1) is 8.48. The summed E-state index contributed by atoms with van der Waals surface area (Å²) in [6, 6.07) is 0. The fourth-order valence-electron chi connectivity index (χ4n) is 1.43. The second kappa shape index (κ2) is 2.69. The van der Waals surface area contributed by atoms with E-state index in [1.54, 1.807) is 10.9 Å². The molecule has 3 nitrogen and oxygen atoms in total. The fraction of sp³-hybridized carbons (Fsp3) is 0.600. The van der Waals surface area contributed by atoms with Gasteiger partial charge in [0.2, 0.25) is 0 Å². The van der Waals surface area contributed by atoms with Gasteiger partial charge in [-0.05, 0) is 18.4 Å². The molecular formula is C10H14N2O. The molecule has 1 saturated carbocycles. The van der Waals surface area contributed by atoms with Crippen LogP contribution in [0.5, 0.6) is 0 Å². The van der Waals surface area contributed by atoms with Gasteiger partial charge in [0.1, 0.15) is 5.78 Å². The van der Waals surface area contributed by atoms with Crippen molar-refractivity contribution >= 4 is 5.78 Å². The second-order valence-corrected chi connectivity index (χ2v) is 4.18. The highest BCUT2D eigenvalue weighted by Crippen LogP contribution is 2.46. The van der Waals surface area contributed by atoms with E-state index in [1.807, 2.05) is 20.2 Å². The molecule has 0 saturated heterocycles. The monoisotopic (exact) mass is 178 g/mol. The largest absolute Gasteiger partial charge is 0.299 e. The zero-order valence-corrected chi connectivity index (χ0v) is 8.08. The molecule has 2 rings (SSSR count). The molecule has 1 aliphatic rings. The Hall–Kier alpha value is -1.12. The van der Waals surface area contributed by atoms with Gasteiger partial charge in [0.05, 0.1) is 6.20 Å². The molecule has 0 aromatic carbocycles. The van der Waals surface area contributed by atoms with Gasteiger partial charge in [-0.2, -0.15) is 5.10 Å². The summed E-state index contributed by atoms with van der Waals surface area (Å²) in [6.45, 7) is 2.05. The van der Waals surface area contributed by atoms with Crippen LogP contribution in [0.4, 0.5) is 0 Å². The predicted octanol–water partition coefficient (Wildman–Crippen LogP) is 1.33. The molecule has 1 aliphatic carbocycles. The van der Waals surface area contributed by atoms with Crippen LogP contribution in [0.3, 0.4) is 0 Å². The van der Waals surface area contributed by atoms with Crippen LogP contribution in [0.2, 0.25) is 0 Å². The van der Waals surface area contributed by atoms with E-state index in [-0.39, 0.29) is 5.41 Å². The van der Waals surface area contributed by atoms with Crippen LogP contribution in [0.1, 0.15) is 25.3 Å². The normalized spacial score (nSPS) is 18.6. The van der Waals surface area contributed by atoms with Gasteiger partial charge in [-0.1, -0.05) is 6.92 Å². The minimum absolute atomic E-state index is 0.00413. The minimum atomic E-state index is -0.00413.